The van der Waals surface area contributed by atoms with Crippen molar-refractivity contribution in [2.24, 2.45) is 5.92 Å². The van der Waals surface area contributed by atoms with E-state index in [1.165, 1.54) is 38.5 Å². The van der Waals surface area contributed by atoms with Gasteiger partial charge in [0, 0.05) is 16.1 Å². The van der Waals surface area contributed by atoms with Crippen LogP contribution in [0.4, 0.5) is 4.39 Å². The molecule has 1 atom stereocenters. The van der Waals surface area contributed by atoms with Crippen LogP contribution < -0.4 is 5.32 Å². The van der Waals surface area contributed by atoms with Gasteiger partial charge in [-0.3, -0.25) is 0 Å². The van der Waals surface area contributed by atoms with Gasteiger partial charge in [0.05, 0.1) is 0 Å². The van der Waals surface area contributed by atoms with Crippen molar-refractivity contribution in [3.8, 4) is 0 Å². The van der Waals surface area contributed by atoms with Gasteiger partial charge in [-0.25, -0.2) is 4.39 Å². The first-order valence-corrected chi connectivity index (χ1v) is 7.64. The fourth-order valence-corrected chi connectivity index (χ4v) is 3.38. The Morgan fingerprint density at radius 3 is 2.44 bits per heavy atom. The summed E-state index contributed by atoms with van der Waals surface area (Å²) in [7, 11) is 1.94. The lowest BCUT2D eigenvalue weighted by atomic mass is 9.87. The number of rotatable bonds is 3. The zero-order valence-corrected chi connectivity index (χ0v) is 12.5. The van der Waals surface area contributed by atoms with Crippen molar-refractivity contribution < 1.29 is 4.39 Å². The van der Waals surface area contributed by atoms with Crippen LogP contribution in [-0.2, 0) is 0 Å². The van der Waals surface area contributed by atoms with Crippen molar-refractivity contribution in [3.05, 3.63) is 34.1 Å². The van der Waals surface area contributed by atoms with Crippen LogP contribution in [0.1, 0.15) is 50.1 Å². The van der Waals surface area contributed by atoms with Gasteiger partial charge in [-0.15, -0.1) is 0 Å². The Hall–Kier alpha value is -0.410. The Balaban J connectivity index is 2.20. The summed E-state index contributed by atoms with van der Waals surface area (Å²) >= 11 is 3.32. The van der Waals surface area contributed by atoms with Crippen LogP contribution in [0, 0.1) is 11.7 Å². The summed E-state index contributed by atoms with van der Waals surface area (Å²) in [5, 5.41) is 3.32. The summed E-state index contributed by atoms with van der Waals surface area (Å²) in [5.74, 6) is 0.459. The van der Waals surface area contributed by atoms with Crippen molar-refractivity contribution in [1.82, 2.24) is 5.32 Å². The maximum atomic E-state index is 14.1. The molecule has 1 N–H and O–H groups in total. The molecule has 2 rings (SSSR count). The molecule has 1 aromatic rings. The predicted molar refractivity (Wildman–Crippen MR) is 77.1 cm³/mol. The molecule has 1 saturated carbocycles. The average molecular weight is 314 g/mol. The molecule has 0 amide bonds. The van der Waals surface area contributed by atoms with E-state index in [0.717, 1.165) is 10.0 Å². The lowest BCUT2D eigenvalue weighted by molar-refractivity contribution is 0.333. The van der Waals surface area contributed by atoms with Crippen molar-refractivity contribution in [3.63, 3.8) is 0 Å². The molecule has 18 heavy (non-hydrogen) atoms. The van der Waals surface area contributed by atoms with E-state index in [4.69, 9.17) is 0 Å². The Labute approximate surface area is 117 Å². The predicted octanol–water partition coefficient (Wildman–Crippen LogP) is 4.82. The maximum absolute atomic E-state index is 14.1. The molecule has 0 saturated heterocycles. The maximum Gasteiger partial charge on any atom is 0.129 e. The van der Waals surface area contributed by atoms with Gasteiger partial charge in [0.25, 0.3) is 0 Å². The Kier molecular flexibility index (Phi) is 5.19. The van der Waals surface area contributed by atoms with Gasteiger partial charge in [0.15, 0.2) is 0 Å². The average Bonchev–Trinajstić information content (AvgIpc) is 2.62. The first kappa shape index (κ1) is 14.0. The van der Waals surface area contributed by atoms with Crippen LogP contribution in [0.2, 0.25) is 0 Å². The normalized spacial score (nSPS) is 19.5. The molecule has 100 valence electrons. The van der Waals surface area contributed by atoms with Crippen LogP contribution in [0.3, 0.4) is 0 Å². The number of nitrogens with one attached hydrogen (secondary N) is 1. The van der Waals surface area contributed by atoms with Gasteiger partial charge in [-0.05, 0) is 37.9 Å². The minimum atomic E-state index is -0.104. The lowest BCUT2D eigenvalue weighted by Gasteiger charge is -2.26. The standard InChI is InChI=1S/C15H21BrFN/c1-18-15(11-6-4-2-3-5-7-11)13-9-8-12(16)10-14(13)17/h8-11,15,18H,2-7H2,1H3. The molecule has 0 bridgehead atoms. The highest BCUT2D eigenvalue weighted by Crippen LogP contribution is 2.34. The molecule has 1 nitrogen and oxygen atoms in total. The fraction of sp³-hybridized carbons (Fsp3) is 0.600. The van der Waals surface area contributed by atoms with E-state index in [1.807, 2.05) is 19.2 Å². The highest BCUT2D eigenvalue weighted by Gasteiger charge is 2.25. The molecular formula is C15H21BrFN. The molecule has 0 heterocycles. The van der Waals surface area contributed by atoms with E-state index in [2.05, 4.69) is 21.2 Å². The van der Waals surface area contributed by atoms with Gasteiger partial charge in [0.1, 0.15) is 5.82 Å². The van der Waals surface area contributed by atoms with Crippen LogP contribution >= 0.6 is 15.9 Å². The van der Waals surface area contributed by atoms with Crippen molar-refractivity contribution >= 4 is 15.9 Å². The minimum absolute atomic E-state index is 0.104. The lowest BCUT2D eigenvalue weighted by Crippen LogP contribution is -2.26. The van der Waals surface area contributed by atoms with Gasteiger partial charge < -0.3 is 5.32 Å². The smallest absolute Gasteiger partial charge is 0.129 e. The molecule has 0 radical (unpaired) electrons. The number of benzene rings is 1. The van der Waals surface area contributed by atoms with Gasteiger partial charge in [-0.1, -0.05) is 47.7 Å². The largest absolute Gasteiger partial charge is 0.313 e. The number of hydrogen-bond acceptors (Lipinski definition) is 1. The number of hydrogen-bond donors (Lipinski definition) is 1. The zero-order valence-electron chi connectivity index (χ0n) is 10.9. The molecule has 0 aliphatic heterocycles. The number of halogens is 2. The molecule has 1 unspecified atom stereocenters. The molecule has 3 heteroatoms. The molecule has 1 aliphatic carbocycles. The molecular weight excluding hydrogens is 293 g/mol. The molecule has 1 aliphatic rings. The Morgan fingerprint density at radius 2 is 1.89 bits per heavy atom. The highest BCUT2D eigenvalue weighted by molar-refractivity contribution is 9.10. The summed E-state index contributed by atoms with van der Waals surface area (Å²) in [6.07, 6.45) is 7.63. The van der Waals surface area contributed by atoms with Crippen molar-refractivity contribution in [2.75, 3.05) is 7.05 Å². The summed E-state index contributed by atoms with van der Waals surface area (Å²) in [6, 6.07) is 5.55. The molecule has 1 aromatic carbocycles. The Bertz CT molecular complexity index is 386. The van der Waals surface area contributed by atoms with Gasteiger partial charge >= 0.3 is 0 Å². The molecule has 1 fully saturated rings. The molecule has 0 aromatic heterocycles. The second kappa shape index (κ2) is 6.67. The highest BCUT2D eigenvalue weighted by atomic mass is 79.9. The van der Waals surface area contributed by atoms with Crippen molar-refractivity contribution in [2.45, 2.75) is 44.6 Å². The monoisotopic (exact) mass is 313 g/mol. The van der Waals surface area contributed by atoms with Gasteiger partial charge in [0.2, 0.25) is 0 Å². The van der Waals surface area contributed by atoms with E-state index in [-0.39, 0.29) is 11.9 Å². The molecule has 0 spiro atoms. The second-order valence-corrected chi connectivity index (χ2v) is 6.10. The van der Waals surface area contributed by atoms with E-state index in [0.29, 0.717) is 5.92 Å². The second-order valence-electron chi connectivity index (χ2n) is 5.18. The van der Waals surface area contributed by atoms with Crippen LogP contribution in [0.15, 0.2) is 22.7 Å². The van der Waals surface area contributed by atoms with E-state index in [1.54, 1.807) is 6.07 Å². The van der Waals surface area contributed by atoms with E-state index < -0.39 is 0 Å². The Morgan fingerprint density at radius 1 is 1.22 bits per heavy atom. The quantitative estimate of drug-likeness (QED) is 0.789. The van der Waals surface area contributed by atoms with E-state index in [9.17, 15) is 4.39 Å². The topological polar surface area (TPSA) is 12.0 Å². The fourth-order valence-electron chi connectivity index (χ4n) is 3.04. The van der Waals surface area contributed by atoms with E-state index >= 15 is 0 Å². The van der Waals surface area contributed by atoms with Gasteiger partial charge in [-0.2, -0.15) is 0 Å². The van der Waals surface area contributed by atoms with Crippen LogP contribution in [-0.4, -0.2) is 7.05 Å². The SMILES string of the molecule is CNC(c1ccc(Br)cc1F)C1CCCCCC1. The third-order valence-electron chi connectivity index (χ3n) is 3.98. The summed E-state index contributed by atoms with van der Waals surface area (Å²) in [6.45, 7) is 0. The third kappa shape index (κ3) is 3.33. The van der Waals surface area contributed by atoms with Crippen LogP contribution in [0.5, 0.6) is 0 Å². The first-order valence-electron chi connectivity index (χ1n) is 6.84. The summed E-state index contributed by atoms with van der Waals surface area (Å²) in [5.41, 5.74) is 0.813. The van der Waals surface area contributed by atoms with Crippen molar-refractivity contribution in [1.29, 1.82) is 0 Å². The van der Waals surface area contributed by atoms with Crippen LogP contribution in [0.25, 0.3) is 0 Å². The summed E-state index contributed by atoms with van der Waals surface area (Å²) in [4.78, 5) is 0. The third-order valence-corrected chi connectivity index (χ3v) is 4.47. The minimum Gasteiger partial charge on any atom is -0.313 e. The zero-order chi connectivity index (χ0) is 13.0. The summed E-state index contributed by atoms with van der Waals surface area (Å²) < 4.78 is 14.9. The first-order chi connectivity index (χ1) is 8.72.